The SMILES string of the molecule is C[C@H](C(=C=C(COO)OO)OO)c1ccccc1. The van der Waals surface area contributed by atoms with E-state index in [1.807, 2.05) is 30.3 Å². The van der Waals surface area contributed by atoms with Gasteiger partial charge >= 0.3 is 0 Å². The molecule has 0 spiro atoms. The van der Waals surface area contributed by atoms with Crippen molar-refractivity contribution >= 4 is 0 Å². The summed E-state index contributed by atoms with van der Waals surface area (Å²) >= 11 is 0. The highest BCUT2D eigenvalue weighted by Gasteiger charge is 2.14. The first-order chi connectivity index (χ1) is 8.72. The van der Waals surface area contributed by atoms with E-state index in [9.17, 15) is 0 Å². The minimum absolute atomic E-state index is 0.0160. The molecule has 1 atom stereocenters. The molecular weight excluding hydrogens is 240 g/mol. The smallest absolute Gasteiger partial charge is 0.216 e. The fourth-order valence-corrected chi connectivity index (χ4v) is 1.38. The molecule has 0 unspecified atom stereocenters. The van der Waals surface area contributed by atoms with E-state index >= 15 is 0 Å². The van der Waals surface area contributed by atoms with Gasteiger partial charge in [-0.15, -0.1) is 0 Å². The van der Waals surface area contributed by atoms with Crippen LogP contribution in [0.5, 0.6) is 0 Å². The maximum Gasteiger partial charge on any atom is 0.216 e. The van der Waals surface area contributed by atoms with Crippen molar-refractivity contribution in [1.29, 1.82) is 0 Å². The highest BCUT2D eigenvalue weighted by atomic mass is 17.1. The molecule has 6 heteroatoms. The fraction of sp³-hybridized carbons (Fsp3) is 0.250. The van der Waals surface area contributed by atoms with Crippen molar-refractivity contribution in [2.75, 3.05) is 6.61 Å². The van der Waals surface area contributed by atoms with Crippen LogP contribution in [0.4, 0.5) is 0 Å². The van der Waals surface area contributed by atoms with Crippen molar-refractivity contribution in [1.82, 2.24) is 0 Å². The van der Waals surface area contributed by atoms with Crippen molar-refractivity contribution in [2.45, 2.75) is 12.8 Å². The first-order valence-corrected chi connectivity index (χ1v) is 5.16. The summed E-state index contributed by atoms with van der Waals surface area (Å²) in [7, 11) is 0. The Kier molecular flexibility index (Phi) is 5.93. The van der Waals surface area contributed by atoms with Crippen LogP contribution < -0.4 is 0 Å². The van der Waals surface area contributed by atoms with E-state index in [0.29, 0.717) is 0 Å². The molecule has 0 aromatic heterocycles. The molecule has 0 radical (unpaired) electrons. The van der Waals surface area contributed by atoms with Crippen molar-refractivity contribution in [3.63, 3.8) is 0 Å². The number of hydrogen-bond acceptors (Lipinski definition) is 6. The van der Waals surface area contributed by atoms with Crippen molar-refractivity contribution in [3.8, 4) is 0 Å². The van der Waals surface area contributed by atoms with Crippen LogP contribution in [0.3, 0.4) is 0 Å². The number of hydrogen-bond donors (Lipinski definition) is 3. The third kappa shape index (κ3) is 3.89. The van der Waals surface area contributed by atoms with E-state index < -0.39 is 6.61 Å². The molecule has 3 N–H and O–H groups in total. The van der Waals surface area contributed by atoms with Crippen LogP contribution in [-0.4, -0.2) is 22.4 Å². The van der Waals surface area contributed by atoms with E-state index in [2.05, 4.69) is 20.4 Å². The van der Waals surface area contributed by atoms with E-state index in [1.165, 1.54) is 0 Å². The van der Waals surface area contributed by atoms with E-state index in [-0.39, 0.29) is 17.4 Å². The maximum atomic E-state index is 8.82. The van der Waals surface area contributed by atoms with Gasteiger partial charge < -0.3 is 9.78 Å². The molecule has 1 aromatic carbocycles. The maximum absolute atomic E-state index is 8.82. The summed E-state index contributed by atoms with van der Waals surface area (Å²) < 4.78 is 0. The standard InChI is InChI=1S/C12H14O6/c1-9(10-5-3-2-4-6-10)12(18-15)7-11(17-14)8-16-13/h2-6,9,13-15H,8H2,1H3/t7?,9-/m0/s1. The summed E-state index contributed by atoms with van der Waals surface area (Å²) in [6.45, 7) is 1.34. The van der Waals surface area contributed by atoms with Crippen LogP contribution >= 0.6 is 0 Å². The second-order valence-electron chi connectivity index (χ2n) is 3.50. The Morgan fingerprint density at radius 1 is 1.17 bits per heavy atom. The average Bonchev–Trinajstić information content (AvgIpc) is 2.43. The van der Waals surface area contributed by atoms with Gasteiger partial charge in [0, 0.05) is 0 Å². The lowest BCUT2D eigenvalue weighted by Gasteiger charge is -2.11. The van der Waals surface area contributed by atoms with E-state index in [4.69, 9.17) is 15.8 Å². The second-order valence-corrected chi connectivity index (χ2v) is 3.50. The molecule has 18 heavy (non-hydrogen) atoms. The number of benzene rings is 1. The minimum atomic E-state index is -0.426. The fourth-order valence-electron chi connectivity index (χ4n) is 1.38. The van der Waals surface area contributed by atoms with Gasteiger partial charge in [0.15, 0.2) is 12.4 Å². The Morgan fingerprint density at radius 3 is 2.33 bits per heavy atom. The third-order valence-corrected chi connectivity index (χ3v) is 2.36. The molecular formula is C12H14O6. The summed E-state index contributed by atoms with van der Waals surface area (Å²) in [5.41, 5.74) is 3.33. The molecule has 0 saturated carbocycles. The second kappa shape index (κ2) is 7.50. The lowest BCUT2D eigenvalue weighted by molar-refractivity contribution is -0.268. The first kappa shape index (κ1) is 14.2. The van der Waals surface area contributed by atoms with Crippen LogP contribution in [0.15, 0.2) is 47.6 Å². The summed E-state index contributed by atoms with van der Waals surface area (Å²) in [6.07, 6.45) is 0. The molecule has 98 valence electrons. The average molecular weight is 254 g/mol. The summed E-state index contributed by atoms with van der Waals surface area (Å²) in [6, 6.07) is 9.22. The van der Waals surface area contributed by atoms with Gasteiger partial charge in [0.1, 0.15) is 0 Å². The topological polar surface area (TPSA) is 88.4 Å². The van der Waals surface area contributed by atoms with Gasteiger partial charge in [0.2, 0.25) is 5.76 Å². The third-order valence-electron chi connectivity index (χ3n) is 2.36. The lowest BCUT2D eigenvalue weighted by atomic mass is 9.99. The van der Waals surface area contributed by atoms with Gasteiger partial charge in [0.25, 0.3) is 0 Å². The van der Waals surface area contributed by atoms with E-state index in [1.54, 1.807) is 6.92 Å². The molecule has 0 saturated heterocycles. The molecule has 1 aromatic rings. The molecule has 0 bridgehead atoms. The Bertz CT molecular complexity index is 421. The Morgan fingerprint density at radius 2 is 1.83 bits per heavy atom. The normalized spacial score (nSPS) is 11.3. The van der Waals surface area contributed by atoms with Crippen LogP contribution in [-0.2, 0) is 14.7 Å². The minimum Gasteiger partial charge on any atom is -0.335 e. The lowest BCUT2D eigenvalue weighted by Crippen LogP contribution is -2.02. The predicted molar refractivity (Wildman–Crippen MR) is 61.4 cm³/mol. The summed E-state index contributed by atoms with van der Waals surface area (Å²) in [5.74, 6) is -0.535. The monoisotopic (exact) mass is 254 g/mol. The van der Waals surface area contributed by atoms with Gasteiger partial charge in [-0.1, -0.05) is 37.3 Å². The Balaban J connectivity index is 3.06. The van der Waals surface area contributed by atoms with Gasteiger partial charge in [-0.2, -0.15) is 0 Å². The molecule has 1 rings (SSSR count). The molecule has 0 amide bonds. The zero-order valence-corrected chi connectivity index (χ0v) is 9.74. The quantitative estimate of drug-likeness (QED) is 0.313. The molecule has 0 fully saturated rings. The van der Waals surface area contributed by atoms with Crippen LogP contribution in [0.2, 0.25) is 0 Å². The number of rotatable bonds is 6. The van der Waals surface area contributed by atoms with Crippen LogP contribution in [0.25, 0.3) is 0 Å². The zero-order chi connectivity index (χ0) is 13.4. The van der Waals surface area contributed by atoms with Gasteiger partial charge in [-0.25, -0.2) is 15.4 Å². The molecule has 6 nitrogen and oxygen atoms in total. The van der Waals surface area contributed by atoms with Gasteiger partial charge in [0.05, 0.1) is 5.92 Å². The molecule has 0 aliphatic heterocycles. The first-order valence-electron chi connectivity index (χ1n) is 5.16. The highest BCUT2D eigenvalue weighted by Crippen LogP contribution is 2.23. The Hall–Kier alpha value is -1.82. The van der Waals surface area contributed by atoms with Gasteiger partial charge in [-0.3, -0.25) is 5.26 Å². The molecule has 0 heterocycles. The van der Waals surface area contributed by atoms with Gasteiger partial charge in [-0.05, 0) is 11.3 Å². The van der Waals surface area contributed by atoms with Crippen LogP contribution in [0.1, 0.15) is 18.4 Å². The van der Waals surface area contributed by atoms with Crippen molar-refractivity contribution in [2.24, 2.45) is 0 Å². The van der Waals surface area contributed by atoms with Crippen LogP contribution in [0, 0.1) is 0 Å². The van der Waals surface area contributed by atoms with Crippen molar-refractivity contribution < 1.29 is 30.4 Å². The highest BCUT2D eigenvalue weighted by molar-refractivity contribution is 5.25. The summed E-state index contributed by atoms with van der Waals surface area (Å²) in [4.78, 5) is 11.9. The largest absolute Gasteiger partial charge is 0.335 e. The van der Waals surface area contributed by atoms with Crippen molar-refractivity contribution in [3.05, 3.63) is 53.1 Å². The Labute approximate surface area is 104 Å². The summed E-state index contributed by atoms with van der Waals surface area (Å²) in [5, 5.41) is 25.6. The van der Waals surface area contributed by atoms with E-state index in [0.717, 1.165) is 5.56 Å². The zero-order valence-electron chi connectivity index (χ0n) is 9.74. The molecule has 0 aliphatic rings. The molecule has 0 aliphatic carbocycles. The predicted octanol–water partition coefficient (Wildman–Crippen LogP) is 2.63.